The van der Waals surface area contributed by atoms with Crippen LogP contribution in [0, 0.1) is 0 Å². The number of hydrogen-bond acceptors (Lipinski definition) is 4. The van der Waals surface area contributed by atoms with Gasteiger partial charge in [0.15, 0.2) is 0 Å². The molecule has 2 aliphatic rings. The van der Waals surface area contributed by atoms with Crippen LogP contribution in [-0.4, -0.2) is 57.0 Å². The maximum absolute atomic E-state index is 12.3. The first-order valence-corrected chi connectivity index (χ1v) is 10.8. The van der Waals surface area contributed by atoms with E-state index in [0.717, 1.165) is 42.8 Å². The van der Waals surface area contributed by atoms with E-state index in [4.69, 9.17) is 0 Å². The van der Waals surface area contributed by atoms with Crippen molar-refractivity contribution >= 4 is 29.7 Å². The van der Waals surface area contributed by atoms with Gasteiger partial charge in [-0.25, -0.2) is 0 Å². The van der Waals surface area contributed by atoms with E-state index in [1.165, 1.54) is 11.4 Å². The van der Waals surface area contributed by atoms with Gasteiger partial charge in [0.2, 0.25) is 0 Å². The SMILES string of the molecule is O=[Se]1CN(CN2CCN(c3ccccc3)CC2)c2ccccc21. The molecule has 0 N–H and O–H groups in total. The molecule has 0 aliphatic carbocycles. The third kappa shape index (κ3) is 3.05. The number of para-hydroxylation sites is 2. The molecule has 1 atom stereocenters. The molecular weight excluding hydrogens is 353 g/mol. The first-order chi connectivity index (χ1) is 11.3. The Kier molecular flexibility index (Phi) is 4.17. The number of piperazine rings is 1. The molecule has 120 valence electrons. The Balaban J connectivity index is 1.38. The minimum absolute atomic E-state index is 0.720. The van der Waals surface area contributed by atoms with E-state index in [2.05, 4.69) is 51.1 Å². The molecule has 23 heavy (non-hydrogen) atoms. The molecule has 1 fully saturated rings. The zero-order valence-electron chi connectivity index (χ0n) is 13.1. The van der Waals surface area contributed by atoms with E-state index < -0.39 is 13.8 Å². The third-order valence-corrected chi connectivity index (χ3v) is 7.49. The molecule has 0 bridgehead atoms. The maximum atomic E-state index is 12.3. The molecule has 1 saturated heterocycles. The van der Waals surface area contributed by atoms with Gasteiger partial charge in [-0.3, -0.25) is 0 Å². The number of benzene rings is 2. The fourth-order valence-electron chi connectivity index (χ4n) is 3.34. The number of hydrogen-bond donors (Lipinski definition) is 0. The first kappa shape index (κ1) is 14.9. The first-order valence-electron chi connectivity index (χ1n) is 8.06. The van der Waals surface area contributed by atoms with Gasteiger partial charge >= 0.3 is 141 Å². The van der Waals surface area contributed by atoms with E-state index in [0.29, 0.717) is 0 Å². The van der Waals surface area contributed by atoms with Crippen molar-refractivity contribution < 1.29 is 3.83 Å². The Morgan fingerprint density at radius 1 is 0.870 bits per heavy atom. The Morgan fingerprint density at radius 3 is 2.35 bits per heavy atom. The summed E-state index contributed by atoms with van der Waals surface area (Å²) >= 11 is -1.86. The molecule has 0 aromatic heterocycles. The number of rotatable bonds is 3. The van der Waals surface area contributed by atoms with Crippen molar-refractivity contribution in [3.63, 3.8) is 0 Å². The molecule has 1 unspecified atom stereocenters. The summed E-state index contributed by atoms with van der Waals surface area (Å²) in [5.74, 6) is 0. The monoisotopic (exact) mass is 375 g/mol. The number of fused-ring (bicyclic) bond motifs is 1. The summed E-state index contributed by atoms with van der Waals surface area (Å²) in [6.45, 7) is 5.10. The number of anilines is 2. The molecule has 0 radical (unpaired) electrons. The van der Waals surface area contributed by atoms with Crippen LogP contribution in [0.3, 0.4) is 0 Å². The average Bonchev–Trinajstić information content (AvgIpc) is 2.93. The van der Waals surface area contributed by atoms with Crippen molar-refractivity contribution in [1.82, 2.24) is 4.90 Å². The Morgan fingerprint density at radius 2 is 1.57 bits per heavy atom. The van der Waals surface area contributed by atoms with Crippen molar-refractivity contribution in [3.8, 4) is 0 Å². The standard InChI is InChI=1S/C18H21N3OSe/c22-23-15-21(17-8-4-5-9-18(17)23)14-19-10-12-20(13-11-19)16-6-2-1-3-7-16/h1-9H,10-15H2. The quantitative estimate of drug-likeness (QED) is 0.760. The molecular formula is C18H21N3OSe. The molecule has 2 aromatic carbocycles. The normalized spacial score (nSPS) is 21.5. The zero-order valence-corrected chi connectivity index (χ0v) is 14.8. The van der Waals surface area contributed by atoms with Crippen molar-refractivity contribution in [3.05, 3.63) is 54.6 Å². The fraction of sp³-hybridized carbons (Fsp3) is 0.333. The topological polar surface area (TPSA) is 26.8 Å². The van der Waals surface area contributed by atoms with Crippen LogP contribution in [0.15, 0.2) is 54.6 Å². The molecule has 0 saturated carbocycles. The van der Waals surface area contributed by atoms with Crippen LogP contribution in [0.2, 0.25) is 0 Å². The van der Waals surface area contributed by atoms with Crippen LogP contribution in [0.1, 0.15) is 0 Å². The Bertz CT molecular complexity index is 698. The second kappa shape index (κ2) is 6.44. The molecule has 5 heteroatoms. The molecule has 4 rings (SSSR count). The van der Waals surface area contributed by atoms with Crippen molar-refractivity contribution in [2.24, 2.45) is 0 Å². The summed E-state index contributed by atoms with van der Waals surface area (Å²) in [4.78, 5) is 7.21. The summed E-state index contributed by atoms with van der Waals surface area (Å²) in [6.07, 6.45) is 0. The van der Waals surface area contributed by atoms with Gasteiger partial charge in [-0.05, 0) is 0 Å². The second-order valence-corrected chi connectivity index (χ2v) is 8.98. The van der Waals surface area contributed by atoms with Gasteiger partial charge in [-0.15, -0.1) is 0 Å². The molecule has 0 spiro atoms. The van der Waals surface area contributed by atoms with Crippen molar-refractivity contribution in [2.75, 3.05) is 48.1 Å². The van der Waals surface area contributed by atoms with E-state index in [-0.39, 0.29) is 0 Å². The number of nitrogens with zero attached hydrogens (tertiary/aromatic N) is 3. The van der Waals surface area contributed by atoms with Gasteiger partial charge < -0.3 is 0 Å². The van der Waals surface area contributed by atoms with Gasteiger partial charge in [0.05, 0.1) is 0 Å². The van der Waals surface area contributed by atoms with Gasteiger partial charge in [0, 0.05) is 0 Å². The van der Waals surface area contributed by atoms with Crippen LogP contribution in [0.5, 0.6) is 0 Å². The predicted octanol–water partition coefficient (Wildman–Crippen LogP) is 1.45. The molecule has 4 nitrogen and oxygen atoms in total. The summed E-state index contributed by atoms with van der Waals surface area (Å²) in [7, 11) is 0. The summed E-state index contributed by atoms with van der Waals surface area (Å²) in [6, 6.07) is 18.8. The molecule has 0 amide bonds. The molecule has 2 aliphatic heterocycles. The van der Waals surface area contributed by atoms with Gasteiger partial charge in [-0.1, -0.05) is 0 Å². The third-order valence-electron chi connectivity index (χ3n) is 4.59. The Labute approximate surface area is 141 Å². The van der Waals surface area contributed by atoms with Crippen LogP contribution in [0.25, 0.3) is 0 Å². The minimum atomic E-state index is -1.86. The van der Waals surface area contributed by atoms with Gasteiger partial charge in [0.1, 0.15) is 0 Å². The van der Waals surface area contributed by atoms with E-state index >= 15 is 0 Å². The summed E-state index contributed by atoms with van der Waals surface area (Å²) in [5.41, 5.74) is 3.21. The average molecular weight is 374 g/mol. The van der Waals surface area contributed by atoms with Crippen LogP contribution in [0.4, 0.5) is 11.4 Å². The Hall–Kier alpha value is -1.68. The van der Waals surface area contributed by atoms with Gasteiger partial charge in [-0.2, -0.15) is 0 Å². The molecule has 2 aromatic rings. The predicted molar refractivity (Wildman–Crippen MR) is 95.0 cm³/mol. The van der Waals surface area contributed by atoms with Crippen molar-refractivity contribution in [1.29, 1.82) is 0 Å². The summed E-state index contributed by atoms with van der Waals surface area (Å²) in [5, 5.41) is 0. The van der Waals surface area contributed by atoms with Gasteiger partial charge in [0.25, 0.3) is 0 Å². The summed E-state index contributed by atoms with van der Waals surface area (Å²) < 4.78 is 13.4. The van der Waals surface area contributed by atoms with E-state index in [9.17, 15) is 3.83 Å². The van der Waals surface area contributed by atoms with Crippen LogP contribution in [-0.2, 0) is 3.83 Å². The molecule has 2 heterocycles. The fourth-order valence-corrected chi connectivity index (χ4v) is 6.07. The zero-order chi connectivity index (χ0) is 15.6. The van der Waals surface area contributed by atoms with E-state index in [1.807, 2.05) is 18.2 Å². The van der Waals surface area contributed by atoms with Crippen molar-refractivity contribution in [2.45, 2.75) is 0 Å². The second-order valence-electron chi connectivity index (χ2n) is 6.06. The van der Waals surface area contributed by atoms with Crippen LogP contribution < -0.4 is 14.3 Å². The van der Waals surface area contributed by atoms with E-state index in [1.54, 1.807) is 0 Å². The van der Waals surface area contributed by atoms with Crippen LogP contribution >= 0.6 is 0 Å².